The lowest BCUT2D eigenvalue weighted by molar-refractivity contribution is 0.153. The molecule has 1 aliphatic rings. The molecular weight excluding hydrogens is 320 g/mol. The van der Waals surface area contributed by atoms with Crippen LogP contribution in [0.4, 0.5) is 0 Å². The molecule has 0 heterocycles. The van der Waals surface area contributed by atoms with Crippen LogP contribution < -0.4 is 9.47 Å². The van der Waals surface area contributed by atoms with Gasteiger partial charge in [-0.05, 0) is 46.8 Å². The van der Waals surface area contributed by atoms with Gasteiger partial charge in [-0.2, -0.15) is 0 Å². The van der Waals surface area contributed by atoms with Crippen molar-refractivity contribution in [1.82, 2.24) is 0 Å². The summed E-state index contributed by atoms with van der Waals surface area (Å²) in [6, 6.07) is 3.75. The summed E-state index contributed by atoms with van der Waals surface area (Å²) in [7, 11) is 3.24. The Kier molecular flexibility index (Phi) is 5.73. The summed E-state index contributed by atoms with van der Waals surface area (Å²) < 4.78 is 11.4. The number of aliphatic hydroxyl groups excluding tert-OH is 1. The lowest BCUT2D eigenvalue weighted by atomic mass is 9.96. The minimum atomic E-state index is -0.479. The predicted molar refractivity (Wildman–Crippen MR) is 83.4 cm³/mol. The van der Waals surface area contributed by atoms with Crippen molar-refractivity contribution >= 4 is 15.9 Å². The van der Waals surface area contributed by atoms with E-state index in [0.717, 1.165) is 28.8 Å². The van der Waals surface area contributed by atoms with Gasteiger partial charge >= 0.3 is 0 Å². The van der Waals surface area contributed by atoms with Gasteiger partial charge in [-0.1, -0.05) is 25.7 Å². The lowest BCUT2D eigenvalue weighted by Crippen LogP contribution is -2.04. The van der Waals surface area contributed by atoms with Crippen LogP contribution in [0.15, 0.2) is 16.6 Å². The molecule has 1 N–H and O–H groups in total. The number of halogens is 1. The number of hydrogen-bond acceptors (Lipinski definition) is 3. The quantitative estimate of drug-likeness (QED) is 0.828. The first kappa shape index (κ1) is 15.6. The number of aliphatic hydroxyl groups is 1. The van der Waals surface area contributed by atoms with Gasteiger partial charge < -0.3 is 14.6 Å². The monoisotopic (exact) mass is 342 g/mol. The molecule has 0 radical (unpaired) electrons. The van der Waals surface area contributed by atoms with Crippen molar-refractivity contribution in [3.8, 4) is 11.5 Å². The van der Waals surface area contributed by atoms with E-state index in [9.17, 15) is 5.11 Å². The SMILES string of the molecule is COc1ccc(C(O)CCC2CCCC2)c(OC)c1Br. The van der Waals surface area contributed by atoms with E-state index in [0.29, 0.717) is 11.5 Å². The van der Waals surface area contributed by atoms with Crippen molar-refractivity contribution in [2.75, 3.05) is 14.2 Å². The van der Waals surface area contributed by atoms with E-state index in [4.69, 9.17) is 9.47 Å². The van der Waals surface area contributed by atoms with Crippen molar-refractivity contribution < 1.29 is 14.6 Å². The normalized spacial score (nSPS) is 17.2. The molecule has 1 saturated carbocycles. The molecule has 0 aromatic heterocycles. The Balaban J connectivity index is 2.08. The molecule has 3 nitrogen and oxygen atoms in total. The van der Waals surface area contributed by atoms with Crippen LogP contribution >= 0.6 is 15.9 Å². The van der Waals surface area contributed by atoms with E-state index >= 15 is 0 Å². The van der Waals surface area contributed by atoms with Crippen LogP contribution in [0.5, 0.6) is 11.5 Å². The van der Waals surface area contributed by atoms with Gasteiger partial charge in [0.25, 0.3) is 0 Å². The maximum Gasteiger partial charge on any atom is 0.142 e. The molecule has 0 spiro atoms. The maximum absolute atomic E-state index is 10.4. The highest BCUT2D eigenvalue weighted by Crippen LogP contribution is 2.41. The molecule has 112 valence electrons. The number of rotatable bonds is 6. The smallest absolute Gasteiger partial charge is 0.142 e. The van der Waals surface area contributed by atoms with Gasteiger partial charge in [0.2, 0.25) is 0 Å². The van der Waals surface area contributed by atoms with Crippen molar-refractivity contribution in [1.29, 1.82) is 0 Å². The minimum Gasteiger partial charge on any atom is -0.495 e. The largest absolute Gasteiger partial charge is 0.495 e. The summed E-state index contributed by atoms with van der Waals surface area (Å²) in [5.74, 6) is 2.18. The summed E-state index contributed by atoms with van der Waals surface area (Å²) in [4.78, 5) is 0. The van der Waals surface area contributed by atoms with Crippen molar-refractivity contribution in [2.45, 2.75) is 44.6 Å². The van der Waals surface area contributed by atoms with Gasteiger partial charge in [-0.3, -0.25) is 0 Å². The molecule has 0 saturated heterocycles. The maximum atomic E-state index is 10.4. The molecule has 2 rings (SSSR count). The molecular formula is C16H23BrO3. The van der Waals surface area contributed by atoms with Crippen LogP contribution in [0.3, 0.4) is 0 Å². The van der Waals surface area contributed by atoms with E-state index < -0.39 is 6.10 Å². The highest BCUT2D eigenvalue weighted by atomic mass is 79.9. The van der Waals surface area contributed by atoms with Gasteiger partial charge in [0.1, 0.15) is 16.0 Å². The number of methoxy groups -OCH3 is 2. The van der Waals surface area contributed by atoms with Crippen LogP contribution in [0, 0.1) is 5.92 Å². The molecule has 1 fully saturated rings. The summed E-state index contributed by atoms with van der Waals surface area (Å²) >= 11 is 3.48. The van der Waals surface area contributed by atoms with Gasteiger partial charge in [-0.25, -0.2) is 0 Å². The summed E-state index contributed by atoms with van der Waals surface area (Å²) in [6.07, 6.45) is 6.73. The third kappa shape index (κ3) is 3.47. The summed E-state index contributed by atoms with van der Waals surface area (Å²) in [5.41, 5.74) is 0.832. The lowest BCUT2D eigenvalue weighted by Gasteiger charge is -2.19. The second kappa shape index (κ2) is 7.32. The van der Waals surface area contributed by atoms with E-state index in [2.05, 4.69) is 15.9 Å². The molecule has 1 aromatic carbocycles. The van der Waals surface area contributed by atoms with Crippen LogP contribution in [0.25, 0.3) is 0 Å². The molecule has 1 aromatic rings. The highest BCUT2D eigenvalue weighted by Gasteiger charge is 2.21. The fraction of sp³-hybridized carbons (Fsp3) is 0.625. The summed E-state index contributed by atoms with van der Waals surface area (Å²) in [5, 5.41) is 10.4. The van der Waals surface area contributed by atoms with Crippen molar-refractivity contribution in [3.05, 3.63) is 22.2 Å². The van der Waals surface area contributed by atoms with Crippen LogP contribution in [-0.4, -0.2) is 19.3 Å². The Morgan fingerprint density at radius 1 is 1.25 bits per heavy atom. The Morgan fingerprint density at radius 3 is 2.55 bits per heavy atom. The van der Waals surface area contributed by atoms with Gasteiger partial charge in [0.05, 0.1) is 20.3 Å². The Labute approximate surface area is 129 Å². The second-order valence-corrected chi connectivity index (χ2v) is 6.24. The van der Waals surface area contributed by atoms with Crippen LogP contribution in [0.2, 0.25) is 0 Å². The third-order valence-electron chi connectivity index (χ3n) is 4.20. The fourth-order valence-corrected chi connectivity index (χ4v) is 3.71. The standard InChI is InChI=1S/C16H23BrO3/c1-19-14-10-8-12(16(20-2)15(14)17)13(18)9-7-11-5-3-4-6-11/h8,10-11,13,18H,3-7,9H2,1-2H3. The number of ether oxygens (including phenoxy) is 2. The zero-order chi connectivity index (χ0) is 14.5. The molecule has 20 heavy (non-hydrogen) atoms. The zero-order valence-corrected chi connectivity index (χ0v) is 13.8. The predicted octanol–water partition coefficient (Wildman–Crippen LogP) is 4.47. The average molecular weight is 343 g/mol. The molecule has 0 aliphatic heterocycles. The van der Waals surface area contributed by atoms with Crippen molar-refractivity contribution in [3.63, 3.8) is 0 Å². The topological polar surface area (TPSA) is 38.7 Å². The first-order valence-electron chi connectivity index (χ1n) is 7.25. The fourth-order valence-electron chi connectivity index (χ4n) is 3.03. The van der Waals surface area contributed by atoms with E-state index in [-0.39, 0.29) is 0 Å². The molecule has 1 aliphatic carbocycles. The summed E-state index contributed by atoms with van der Waals surface area (Å²) in [6.45, 7) is 0. The average Bonchev–Trinajstić information content (AvgIpc) is 2.97. The Hall–Kier alpha value is -0.740. The number of hydrogen-bond donors (Lipinski definition) is 1. The first-order valence-corrected chi connectivity index (χ1v) is 8.05. The third-order valence-corrected chi connectivity index (χ3v) is 4.95. The number of benzene rings is 1. The second-order valence-electron chi connectivity index (χ2n) is 5.45. The molecule has 1 unspecified atom stereocenters. The Bertz CT molecular complexity index is 442. The van der Waals surface area contributed by atoms with Crippen LogP contribution in [0.1, 0.15) is 50.2 Å². The van der Waals surface area contributed by atoms with E-state index in [1.165, 1.54) is 25.7 Å². The molecule has 1 atom stereocenters. The van der Waals surface area contributed by atoms with Gasteiger partial charge in [0, 0.05) is 5.56 Å². The highest BCUT2D eigenvalue weighted by molar-refractivity contribution is 9.10. The van der Waals surface area contributed by atoms with Crippen molar-refractivity contribution in [2.24, 2.45) is 5.92 Å². The first-order chi connectivity index (χ1) is 9.67. The van der Waals surface area contributed by atoms with Crippen LogP contribution in [-0.2, 0) is 0 Å². The van der Waals surface area contributed by atoms with E-state index in [1.54, 1.807) is 14.2 Å². The Morgan fingerprint density at radius 2 is 1.95 bits per heavy atom. The minimum absolute atomic E-state index is 0.479. The molecule has 0 amide bonds. The zero-order valence-electron chi connectivity index (χ0n) is 12.2. The van der Waals surface area contributed by atoms with Gasteiger partial charge in [0.15, 0.2) is 0 Å². The molecule has 4 heteroatoms. The molecule has 0 bridgehead atoms. The van der Waals surface area contributed by atoms with E-state index in [1.807, 2.05) is 12.1 Å². The van der Waals surface area contributed by atoms with Gasteiger partial charge in [-0.15, -0.1) is 0 Å².